The summed E-state index contributed by atoms with van der Waals surface area (Å²) in [4.78, 5) is 16.8. The lowest BCUT2D eigenvalue weighted by molar-refractivity contribution is 0.0996. The Balaban J connectivity index is 1.40. The summed E-state index contributed by atoms with van der Waals surface area (Å²) in [5.41, 5.74) is 2.44. The number of furan rings is 1. The molecule has 0 saturated heterocycles. The third-order valence-corrected chi connectivity index (χ3v) is 4.49. The van der Waals surface area contributed by atoms with E-state index < -0.39 is 0 Å². The van der Waals surface area contributed by atoms with Crippen LogP contribution in [0.2, 0.25) is 0 Å². The van der Waals surface area contributed by atoms with Crippen LogP contribution in [0, 0.1) is 0 Å². The molecule has 4 aromatic rings. The zero-order valence-electron chi connectivity index (χ0n) is 17.1. The van der Waals surface area contributed by atoms with Gasteiger partial charge in [0.25, 0.3) is 5.91 Å². The van der Waals surface area contributed by atoms with Crippen molar-refractivity contribution in [2.75, 3.05) is 11.9 Å². The fraction of sp³-hybridized carbons (Fsp3) is 0.182. The highest BCUT2D eigenvalue weighted by atomic mass is 16.3. The fourth-order valence-electron chi connectivity index (χ4n) is 3.03. The summed E-state index contributed by atoms with van der Waals surface area (Å²) in [5, 5.41) is 17.7. The third-order valence-electron chi connectivity index (χ3n) is 4.49. The number of aliphatic imine (C=N–C) groups is 1. The van der Waals surface area contributed by atoms with Crippen LogP contribution < -0.4 is 16.0 Å². The molecule has 4 rings (SSSR count). The monoisotopic (exact) mass is 417 g/mol. The number of carbonyl (C=O) groups excluding carboxylic acids is 1. The van der Waals surface area contributed by atoms with Crippen LogP contribution in [0.5, 0.6) is 0 Å². The number of guanidine groups is 1. The minimum Gasteiger partial charge on any atom is -0.459 e. The lowest BCUT2D eigenvalue weighted by Gasteiger charge is -2.11. The molecule has 0 unspecified atom stereocenters. The number of fused-ring (bicyclic) bond motifs is 1. The highest BCUT2D eigenvalue weighted by Crippen LogP contribution is 2.13. The quantitative estimate of drug-likeness (QED) is 0.315. The van der Waals surface area contributed by atoms with E-state index in [4.69, 9.17) is 4.42 Å². The van der Waals surface area contributed by atoms with Crippen molar-refractivity contribution < 1.29 is 9.21 Å². The van der Waals surface area contributed by atoms with Gasteiger partial charge >= 0.3 is 0 Å². The van der Waals surface area contributed by atoms with E-state index in [1.165, 1.54) is 6.26 Å². The molecule has 1 amide bonds. The van der Waals surface area contributed by atoms with Crippen molar-refractivity contribution in [2.24, 2.45) is 4.99 Å². The minimum absolute atomic E-state index is 0.267. The molecule has 0 radical (unpaired) electrons. The number of benzene rings is 1. The van der Waals surface area contributed by atoms with Gasteiger partial charge in [0.1, 0.15) is 0 Å². The molecule has 3 heterocycles. The zero-order chi connectivity index (χ0) is 21.5. The topological polar surface area (TPSA) is 109 Å². The van der Waals surface area contributed by atoms with Gasteiger partial charge in [-0.2, -0.15) is 0 Å². The van der Waals surface area contributed by atoms with Crippen LogP contribution in [-0.4, -0.2) is 33.0 Å². The molecule has 0 fully saturated rings. The smallest absolute Gasteiger partial charge is 0.291 e. The van der Waals surface area contributed by atoms with Crippen LogP contribution >= 0.6 is 0 Å². The third kappa shape index (κ3) is 5.08. The maximum Gasteiger partial charge on any atom is 0.291 e. The van der Waals surface area contributed by atoms with E-state index in [0.717, 1.165) is 23.6 Å². The summed E-state index contributed by atoms with van der Waals surface area (Å²) in [5.74, 6) is 1.44. The maximum absolute atomic E-state index is 12.2. The Morgan fingerprint density at radius 3 is 2.87 bits per heavy atom. The van der Waals surface area contributed by atoms with Gasteiger partial charge in [0.15, 0.2) is 23.2 Å². The number of hydrogen-bond acceptors (Lipinski definition) is 5. The summed E-state index contributed by atoms with van der Waals surface area (Å²) in [6, 6.07) is 16.6. The molecular formula is C22H23N7O2. The molecule has 0 aliphatic heterocycles. The van der Waals surface area contributed by atoms with Gasteiger partial charge in [-0.1, -0.05) is 18.2 Å². The van der Waals surface area contributed by atoms with E-state index in [-0.39, 0.29) is 11.7 Å². The molecule has 3 N–H and O–H groups in total. The standard InChI is InChI=1S/C22H23N7O2/c1-2-23-22(25-15-20-28-27-19-10-3-4-11-29(19)20)24-14-16-7-5-8-17(13-16)26-21(30)18-9-6-12-31-18/h3-13H,2,14-15H2,1H3,(H,26,30)(H2,23,24,25). The molecule has 158 valence electrons. The first kappa shape index (κ1) is 20.1. The molecule has 0 aliphatic carbocycles. The van der Waals surface area contributed by atoms with Crippen LogP contribution in [-0.2, 0) is 13.1 Å². The number of anilines is 1. The maximum atomic E-state index is 12.2. The van der Waals surface area contributed by atoms with Crippen molar-refractivity contribution in [3.05, 3.63) is 84.2 Å². The number of rotatable bonds is 7. The Hall–Kier alpha value is -4.14. The summed E-state index contributed by atoms with van der Waals surface area (Å²) in [6.07, 6.45) is 3.40. The number of nitrogens with zero attached hydrogens (tertiary/aromatic N) is 4. The van der Waals surface area contributed by atoms with Gasteiger partial charge in [0, 0.05) is 18.4 Å². The van der Waals surface area contributed by atoms with Crippen LogP contribution in [0.4, 0.5) is 5.69 Å². The Bertz CT molecular complexity index is 1180. The van der Waals surface area contributed by atoms with Crippen molar-refractivity contribution in [2.45, 2.75) is 20.0 Å². The summed E-state index contributed by atoms with van der Waals surface area (Å²) in [6.45, 7) is 3.66. The van der Waals surface area contributed by atoms with Gasteiger partial charge in [-0.3, -0.25) is 9.20 Å². The van der Waals surface area contributed by atoms with E-state index >= 15 is 0 Å². The lowest BCUT2D eigenvalue weighted by Crippen LogP contribution is -2.37. The summed E-state index contributed by atoms with van der Waals surface area (Å²) < 4.78 is 7.06. The van der Waals surface area contributed by atoms with Crippen LogP contribution in [0.1, 0.15) is 28.9 Å². The zero-order valence-corrected chi connectivity index (χ0v) is 17.1. The second-order valence-corrected chi connectivity index (χ2v) is 6.73. The van der Waals surface area contributed by atoms with Crippen LogP contribution in [0.15, 0.2) is 76.5 Å². The first-order valence-electron chi connectivity index (χ1n) is 9.97. The Morgan fingerprint density at radius 2 is 2.03 bits per heavy atom. The molecule has 0 atom stereocenters. The second-order valence-electron chi connectivity index (χ2n) is 6.73. The van der Waals surface area contributed by atoms with Gasteiger partial charge < -0.3 is 20.4 Å². The SMILES string of the molecule is CCNC(=NCc1cccc(NC(=O)c2ccco2)c1)NCc1nnc2ccccn12. The predicted molar refractivity (Wildman–Crippen MR) is 118 cm³/mol. The van der Waals surface area contributed by atoms with Gasteiger partial charge in [-0.15, -0.1) is 10.2 Å². The number of carbonyl (C=O) groups is 1. The number of amides is 1. The van der Waals surface area contributed by atoms with E-state index in [1.807, 2.05) is 60.0 Å². The first-order chi connectivity index (χ1) is 15.2. The number of hydrogen-bond donors (Lipinski definition) is 3. The first-order valence-corrected chi connectivity index (χ1v) is 9.97. The average molecular weight is 417 g/mol. The van der Waals surface area contributed by atoms with Crippen molar-refractivity contribution in [1.82, 2.24) is 25.2 Å². The van der Waals surface area contributed by atoms with Crippen LogP contribution in [0.25, 0.3) is 5.65 Å². The Labute approximate surface area is 179 Å². The summed E-state index contributed by atoms with van der Waals surface area (Å²) >= 11 is 0. The Morgan fingerprint density at radius 1 is 1.10 bits per heavy atom. The van der Waals surface area contributed by atoms with Crippen molar-refractivity contribution in [3.63, 3.8) is 0 Å². The number of nitrogens with one attached hydrogen (secondary N) is 3. The van der Waals surface area contributed by atoms with Crippen molar-refractivity contribution in [3.8, 4) is 0 Å². The molecule has 0 aliphatic rings. The molecule has 0 spiro atoms. The van der Waals surface area contributed by atoms with E-state index in [2.05, 4.69) is 31.1 Å². The largest absolute Gasteiger partial charge is 0.459 e. The molecule has 3 aromatic heterocycles. The average Bonchev–Trinajstić information content (AvgIpc) is 3.46. The molecule has 0 bridgehead atoms. The minimum atomic E-state index is -0.291. The number of pyridine rings is 1. The van der Waals surface area contributed by atoms with Gasteiger partial charge in [-0.05, 0) is 48.9 Å². The Kier molecular flexibility index (Phi) is 6.22. The van der Waals surface area contributed by atoms with Gasteiger partial charge in [0.2, 0.25) is 0 Å². The van der Waals surface area contributed by atoms with E-state index in [0.29, 0.717) is 24.7 Å². The van der Waals surface area contributed by atoms with Crippen LogP contribution in [0.3, 0.4) is 0 Å². The molecule has 31 heavy (non-hydrogen) atoms. The highest BCUT2D eigenvalue weighted by Gasteiger charge is 2.09. The summed E-state index contributed by atoms with van der Waals surface area (Å²) in [7, 11) is 0. The lowest BCUT2D eigenvalue weighted by atomic mass is 10.2. The van der Waals surface area contributed by atoms with Crippen molar-refractivity contribution in [1.29, 1.82) is 0 Å². The van der Waals surface area contributed by atoms with Gasteiger partial charge in [-0.25, -0.2) is 4.99 Å². The second kappa shape index (κ2) is 9.57. The molecule has 9 heteroatoms. The van der Waals surface area contributed by atoms with E-state index in [9.17, 15) is 4.79 Å². The van der Waals surface area contributed by atoms with E-state index in [1.54, 1.807) is 12.1 Å². The predicted octanol–water partition coefficient (Wildman–Crippen LogP) is 2.83. The van der Waals surface area contributed by atoms with Crippen molar-refractivity contribution >= 4 is 23.2 Å². The number of aromatic nitrogens is 3. The highest BCUT2D eigenvalue weighted by molar-refractivity contribution is 6.02. The normalized spacial score (nSPS) is 11.5. The molecule has 9 nitrogen and oxygen atoms in total. The van der Waals surface area contributed by atoms with Gasteiger partial charge in [0.05, 0.1) is 19.4 Å². The fourth-order valence-corrected chi connectivity index (χ4v) is 3.03. The molecule has 0 saturated carbocycles. The molecule has 1 aromatic carbocycles. The molecular weight excluding hydrogens is 394 g/mol.